The summed E-state index contributed by atoms with van der Waals surface area (Å²) in [6.45, 7) is 3.46. The lowest BCUT2D eigenvalue weighted by atomic mass is 10.1. The van der Waals surface area contributed by atoms with Crippen molar-refractivity contribution in [2.24, 2.45) is 0 Å². The fraction of sp³-hybridized carbons (Fsp3) is 0.160. The standard InChI is InChI=1S/C25H21ClN4O5S/c1-14-11-21(30(33)34)22(35-3)12-19(14)27-23(31)13-36-25-28-18-9-5-4-7-16(18)24(32)29(25)20-10-6-8-17(26)15(20)2/h4-12H,13H2,1-3H3,(H,27,31). The van der Waals surface area contributed by atoms with Gasteiger partial charge < -0.3 is 10.1 Å². The Bertz CT molecular complexity index is 1570. The van der Waals surface area contributed by atoms with E-state index in [0.717, 1.165) is 11.8 Å². The number of carbonyl (C=O) groups is 1. The number of hydrogen-bond acceptors (Lipinski definition) is 7. The molecule has 0 saturated heterocycles. The molecule has 0 saturated carbocycles. The van der Waals surface area contributed by atoms with Crippen LogP contribution in [0.4, 0.5) is 11.4 Å². The quantitative estimate of drug-likeness (QED) is 0.151. The Morgan fingerprint density at radius 3 is 2.67 bits per heavy atom. The molecule has 0 radical (unpaired) electrons. The molecule has 1 amide bonds. The van der Waals surface area contributed by atoms with E-state index in [4.69, 9.17) is 16.3 Å². The maximum absolute atomic E-state index is 13.4. The topological polar surface area (TPSA) is 116 Å². The molecule has 0 spiro atoms. The first kappa shape index (κ1) is 25.2. The third-order valence-electron chi connectivity index (χ3n) is 5.55. The van der Waals surface area contributed by atoms with Crippen LogP contribution in [0.5, 0.6) is 5.75 Å². The van der Waals surface area contributed by atoms with Crippen LogP contribution in [0.25, 0.3) is 16.6 Å². The molecular weight excluding hydrogens is 504 g/mol. The van der Waals surface area contributed by atoms with E-state index in [0.29, 0.717) is 43.6 Å². The number of nitrogens with zero attached hydrogens (tertiary/aromatic N) is 3. The van der Waals surface area contributed by atoms with Gasteiger partial charge in [-0.1, -0.05) is 41.6 Å². The van der Waals surface area contributed by atoms with Crippen molar-refractivity contribution in [3.8, 4) is 11.4 Å². The summed E-state index contributed by atoms with van der Waals surface area (Å²) in [5.41, 5.74) is 2.22. The molecule has 0 fully saturated rings. The molecule has 4 rings (SSSR count). The molecular formula is C25H21ClN4O5S. The fourth-order valence-corrected chi connectivity index (χ4v) is 4.67. The van der Waals surface area contributed by atoms with Crippen molar-refractivity contribution in [1.29, 1.82) is 0 Å². The second kappa shape index (κ2) is 10.4. The van der Waals surface area contributed by atoms with Gasteiger partial charge in [-0.25, -0.2) is 4.98 Å². The van der Waals surface area contributed by atoms with Crippen LogP contribution in [0.3, 0.4) is 0 Å². The van der Waals surface area contributed by atoms with Crippen LogP contribution in [0.2, 0.25) is 5.02 Å². The number of halogens is 1. The monoisotopic (exact) mass is 524 g/mol. The van der Waals surface area contributed by atoms with Crippen molar-refractivity contribution in [3.63, 3.8) is 0 Å². The van der Waals surface area contributed by atoms with E-state index < -0.39 is 4.92 Å². The van der Waals surface area contributed by atoms with Gasteiger partial charge in [-0.05, 0) is 49.2 Å². The number of para-hydroxylation sites is 1. The minimum absolute atomic E-state index is 0.0371. The zero-order valence-corrected chi connectivity index (χ0v) is 21.1. The highest BCUT2D eigenvalue weighted by Gasteiger charge is 2.20. The number of rotatable bonds is 7. The number of hydrogen-bond donors (Lipinski definition) is 1. The third-order valence-corrected chi connectivity index (χ3v) is 6.90. The number of benzene rings is 3. The van der Waals surface area contributed by atoms with Crippen LogP contribution in [-0.4, -0.2) is 33.2 Å². The smallest absolute Gasteiger partial charge is 0.311 e. The first-order valence-electron chi connectivity index (χ1n) is 10.7. The Labute approximate surface area is 215 Å². The average Bonchev–Trinajstić information content (AvgIpc) is 2.86. The van der Waals surface area contributed by atoms with Gasteiger partial charge in [-0.15, -0.1) is 0 Å². The van der Waals surface area contributed by atoms with Gasteiger partial charge in [0.2, 0.25) is 5.91 Å². The molecule has 11 heteroatoms. The van der Waals surface area contributed by atoms with Gasteiger partial charge >= 0.3 is 5.69 Å². The molecule has 0 unspecified atom stereocenters. The van der Waals surface area contributed by atoms with E-state index >= 15 is 0 Å². The highest BCUT2D eigenvalue weighted by atomic mass is 35.5. The van der Waals surface area contributed by atoms with Crippen LogP contribution in [-0.2, 0) is 4.79 Å². The molecule has 1 heterocycles. The number of methoxy groups -OCH3 is 1. The Balaban J connectivity index is 1.67. The predicted molar refractivity (Wildman–Crippen MR) is 141 cm³/mol. The number of nitrogens with one attached hydrogen (secondary N) is 1. The highest BCUT2D eigenvalue weighted by Crippen LogP contribution is 2.33. The maximum Gasteiger partial charge on any atom is 0.311 e. The molecule has 0 atom stereocenters. The zero-order valence-electron chi connectivity index (χ0n) is 19.6. The summed E-state index contributed by atoms with van der Waals surface area (Å²) in [6, 6.07) is 15.0. The van der Waals surface area contributed by atoms with Crippen LogP contribution in [0.1, 0.15) is 11.1 Å². The Morgan fingerprint density at radius 2 is 1.94 bits per heavy atom. The largest absolute Gasteiger partial charge is 0.490 e. The lowest BCUT2D eigenvalue weighted by Gasteiger charge is -2.16. The molecule has 9 nitrogen and oxygen atoms in total. The average molecular weight is 525 g/mol. The van der Waals surface area contributed by atoms with Gasteiger partial charge in [0.1, 0.15) is 0 Å². The number of anilines is 1. The summed E-state index contributed by atoms with van der Waals surface area (Å²) < 4.78 is 6.56. The van der Waals surface area contributed by atoms with E-state index in [9.17, 15) is 19.7 Å². The lowest BCUT2D eigenvalue weighted by molar-refractivity contribution is -0.385. The molecule has 0 bridgehead atoms. The summed E-state index contributed by atoms with van der Waals surface area (Å²) >= 11 is 7.41. The van der Waals surface area contributed by atoms with E-state index in [1.165, 1.54) is 23.8 Å². The minimum Gasteiger partial charge on any atom is -0.490 e. The second-order valence-electron chi connectivity index (χ2n) is 7.87. The van der Waals surface area contributed by atoms with Crippen molar-refractivity contribution in [2.45, 2.75) is 19.0 Å². The number of nitro benzene ring substituents is 1. The molecule has 4 aromatic rings. The van der Waals surface area contributed by atoms with Crippen molar-refractivity contribution < 1.29 is 14.5 Å². The number of fused-ring (bicyclic) bond motifs is 1. The van der Waals surface area contributed by atoms with Crippen molar-refractivity contribution in [3.05, 3.63) is 91.2 Å². The first-order valence-corrected chi connectivity index (χ1v) is 12.1. The molecule has 0 aliphatic carbocycles. The van der Waals surface area contributed by atoms with Gasteiger partial charge in [0.05, 0.1) is 34.4 Å². The number of ether oxygens (including phenoxy) is 1. The Morgan fingerprint density at radius 1 is 1.19 bits per heavy atom. The van der Waals surface area contributed by atoms with Crippen molar-refractivity contribution in [2.75, 3.05) is 18.2 Å². The molecule has 3 aromatic carbocycles. The molecule has 0 aliphatic heterocycles. The molecule has 1 N–H and O–H groups in total. The summed E-state index contributed by atoms with van der Waals surface area (Å²) in [5, 5.41) is 15.3. The summed E-state index contributed by atoms with van der Waals surface area (Å²) in [6.07, 6.45) is 0. The Hall–Kier alpha value is -3.89. The highest BCUT2D eigenvalue weighted by molar-refractivity contribution is 7.99. The van der Waals surface area contributed by atoms with Crippen LogP contribution in [0, 0.1) is 24.0 Å². The van der Waals surface area contributed by atoms with Crippen molar-refractivity contribution >= 4 is 51.5 Å². The van der Waals surface area contributed by atoms with E-state index in [-0.39, 0.29) is 28.7 Å². The summed E-state index contributed by atoms with van der Waals surface area (Å²) in [5.74, 6) is -0.408. The maximum atomic E-state index is 13.4. The predicted octanol–water partition coefficient (Wildman–Crippen LogP) is 5.30. The van der Waals surface area contributed by atoms with Crippen LogP contribution >= 0.6 is 23.4 Å². The van der Waals surface area contributed by atoms with Crippen LogP contribution < -0.4 is 15.6 Å². The lowest BCUT2D eigenvalue weighted by Crippen LogP contribution is -2.23. The fourth-order valence-electron chi connectivity index (χ4n) is 3.69. The van der Waals surface area contributed by atoms with E-state index in [1.54, 1.807) is 49.4 Å². The normalized spacial score (nSPS) is 10.9. The number of carbonyl (C=O) groups excluding carboxylic acids is 1. The SMILES string of the molecule is COc1cc(NC(=O)CSc2nc3ccccc3c(=O)n2-c2cccc(Cl)c2C)c(C)cc1[N+](=O)[O-]. The minimum atomic E-state index is -0.546. The molecule has 184 valence electrons. The van der Waals surface area contributed by atoms with Gasteiger partial charge in [-0.2, -0.15) is 0 Å². The Kier molecular flexibility index (Phi) is 7.27. The zero-order chi connectivity index (χ0) is 26.0. The van der Waals surface area contributed by atoms with Gasteiger partial charge in [-0.3, -0.25) is 24.3 Å². The van der Waals surface area contributed by atoms with Gasteiger partial charge in [0.15, 0.2) is 10.9 Å². The van der Waals surface area contributed by atoms with Gasteiger partial charge in [0, 0.05) is 22.8 Å². The third kappa shape index (κ3) is 4.91. The molecule has 0 aliphatic rings. The van der Waals surface area contributed by atoms with Crippen molar-refractivity contribution in [1.82, 2.24) is 9.55 Å². The van der Waals surface area contributed by atoms with E-state index in [1.807, 2.05) is 6.92 Å². The van der Waals surface area contributed by atoms with Crippen LogP contribution in [0.15, 0.2) is 64.5 Å². The number of thioether (sulfide) groups is 1. The van der Waals surface area contributed by atoms with E-state index in [2.05, 4.69) is 10.3 Å². The number of aromatic nitrogens is 2. The van der Waals surface area contributed by atoms with Gasteiger partial charge in [0.25, 0.3) is 5.56 Å². The molecule has 1 aromatic heterocycles. The first-order chi connectivity index (χ1) is 17.2. The number of nitro groups is 1. The second-order valence-corrected chi connectivity index (χ2v) is 9.22. The summed E-state index contributed by atoms with van der Waals surface area (Å²) in [4.78, 5) is 41.6. The number of aryl methyl sites for hydroxylation is 1. The number of amides is 1. The summed E-state index contributed by atoms with van der Waals surface area (Å²) in [7, 11) is 1.32. The molecule has 36 heavy (non-hydrogen) atoms.